The first-order valence-electron chi connectivity index (χ1n) is 6.05. The lowest BCUT2D eigenvalue weighted by Gasteiger charge is -2.24. The molecule has 4 nitrogen and oxygen atoms in total. The van der Waals surface area contributed by atoms with E-state index in [4.69, 9.17) is 5.11 Å². The van der Waals surface area contributed by atoms with Crippen LogP contribution >= 0.6 is 0 Å². The minimum Gasteiger partial charge on any atom is -0.478 e. The molecule has 0 aliphatic heterocycles. The van der Waals surface area contributed by atoms with Crippen LogP contribution in [0.2, 0.25) is 0 Å². The highest BCUT2D eigenvalue weighted by Crippen LogP contribution is 2.18. The van der Waals surface area contributed by atoms with Crippen LogP contribution in [-0.4, -0.2) is 29.1 Å². The van der Waals surface area contributed by atoms with E-state index in [9.17, 15) is 4.79 Å². The highest BCUT2D eigenvalue weighted by molar-refractivity contribution is 5.87. The molecule has 0 fully saturated rings. The molecule has 0 aliphatic rings. The molecule has 0 atom stereocenters. The van der Waals surface area contributed by atoms with Crippen molar-refractivity contribution in [2.24, 2.45) is 0 Å². The van der Waals surface area contributed by atoms with Gasteiger partial charge in [0.05, 0.1) is 5.56 Å². The van der Waals surface area contributed by atoms with E-state index < -0.39 is 5.97 Å². The third-order valence-corrected chi connectivity index (χ3v) is 2.58. The normalized spacial score (nSPS) is 10.3. The standard InChI is InChI=1S/C13H20N2O2/c1-4-6-15(7-5-2)12-10(3)8-11(9-14-12)13(16)17/h8-9H,4-7H2,1-3H3,(H,16,17). The summed E-state index contributed by atoms with van der Waals surface area (Å²) in [5.74, 6) is -0.0246. The Labute approximate surface area is 102 Å². The van der Waals surface area contributed by atoms with Gasteiger partial charge < -0.3 is 10.0 Å². The molecule has 0 amide bonds. The van der Waals surface area contributed by atoms with E-state index in [0.717, 1.165) is 37.3 Å². The third kappa shape index (κ3) is 3.44. The Kier molecular flexibility index (Phi) is 4.94. The van der Waals surface area contributed by atoms with Gasteiger partial charge >= 0.3 is 5.97 Å². The number of aromatic carboxylic acids is 1. The number of hydrogen-bond acceptors (Lipinski definition) is 3. The van der Waals surface area contributed by atoms with Crippen LogP contribution in [0, 0.1) is 6.92 Å². The smallest absolute Gasteiger partial charge is 0.337 e. The van der Waals surface area contributed by atoms with Crippen molar-refractivity contribution < 1.29 is 9.90 Å². The largest absolute Gasteiger partial charge is 0.478 e. The van der Waals surface area contributed by atoms with Gasteiger partial charge in [-0.15, -0.1) is 0 Å². The minimum absolute atomic E-state index is 0.249. The first-order valence-corrected chi connectivity index (χ1v) is 6.05. The fourth-order valence-corrected chi connectivity index (χ4v) is 1.88. The van der Waals surface area contributed by atoms with Crippen molar-refractivity contribution >= 4 is 11.8 Å². The number of carboxylic acid groups (broad SMARTS) is 1. The van der Waals surface area contributed by atoms with E-state index in [-0.39, 0.29) is 5.56 Å². The van der Waals surface area contributed by atoms with Gasteiger partial charge in [-0.1, -0.05) is 13.8 Å². The van der Waals surface area contributed by atoms with E-state index in [2.05, 4.69) is 23.7 Å². The van der Waals surface area contributed by atoms with Crippen LogP contribution in [-0.2, 0) is 0 Å². The van der Waals surface area contributed by atoms with Gasteiger partial charge in [0.1, 0.15) is 5.82 Å². The summed E-state index contributed by atoms with van der Waals surface area (Å²) >= 11 is 0. The number of hydrogen-bond donors (Lipinski definition) is 1. The number of aryl methyl sites for hydroxylation is 1. The highest BCUT2D eigenvalue weighted by atomic mass is 16.4. The van der Waals surface area contributed by atoms with Crippen LogP contribution in [0.1, 0.15) is 42.6 Å². The van der Waals surface area contributed by atoms with Gasteiger partial charge in [-0.05, 0) is 31.4 Å². The van der Waals surface area contributed by atoms with Gasteiger partial charge in [0.2, 0.25) is 0 Å². The molecule has 0 spiro atoms. The van der Waals surface area contributed by atoms with Crippen LogP contribution in [0.3, 0.4) is 0 Å². The van der Waals surface area contributed by atoms with Gasteiger partial charge in [0.15, 0.2) is 0 Å². The Hall–Kier alpha value is -1.58. The van der Waals surface area contributed by atoms with Crippen LogP contribution < -0.4 is 4.90 Å². The zero-order valence-corrected chi connectivity index (χ0v) is 10.7. The summed E-state index contributed by atoms with van der Waals surface area (Å²) in [6.45, 7) is 8.07. The van der Waals surface area contributed by atoms with Gasteiger partial charge in [-0.3, -0.25) is 0 Å². The summed E-state index contributed by atoms with van der Waals surface area (Å²) < 4.78 is 0. The van der Waals surface area contributed by atoms with E-state index >= 15 is 0 Å². The fraction of sp³-hybridized carbons (Fsp3) is 0.538. The lowest BCUT2D eigenvalue weighted by Crippen LogP contribution is -2.26. The summed E-state index contributed by atoms with van der Waals surface area (Å²) in [5, 5.41) is 8.89. The van der Waals surface area contributed by atoms with Crippen molar-refractivity contribution in [3.63, 3.8) is 0 Å². The average Bonchev–Trinajstić information content (AvgIpc) is 2.28. The molecule has 1 N–H and O–H groups in total. The molecule has 0 saturated carbocycles. The first kappa shape index (κ1) is 13.5. The Bertz CT molecular complexity index is 385. The molecule has 0 bridgehead atoms. The number of rotatable bonds is 6. The van der Waals surface area contributed by atoms with Gasteiger partial charge in [0.25, 0.3) is 0 Å². The maximum Gasteiger partial charge on any atom is 0.337 e. The van der Waals surface area contributed by atoms with Crippen molar-refractivity contribution in [3.05, 3.63) is 23.4 Å². The summed E-state index contributed by atoms with van der Waals surface area (Å²) in [5.41, 5.74) is 1.17. The molecular weight excluding hydrogens is 216 g/mol. The lowest BCUT2D eigenvalue weighted by molar-refractivity contribution is 0.0696. The number of aromatic nitrogens is 1. The molecule has 94 valence electrons. The SMILES string of the molecule is CCCN(CCC)c1ncc(C(=O)O)cc1C. The third-order valence-electron chi connectivity index (χ3n) is 2.58. The number of anilines is 1. The monoisotopic (exact) mass is 236 g/mol. The zero-order chi connectivity index (χ0) is 12.8. The predicted molar refractivity (Wildman–Crippen MR) is 68.7 cm³/mol. The molecule has 1 rings (SSSR count). The molecular formula is C13H20N2O2. The Balaban J connectivity index is 2.99. The molecule has 1 aromatic rings. The van der Waals surface area contributed by atoms with E-state index in [1.165, 1.54) is 6.20 Å². The Morgan fingerprint density at radius 2 is 1.94 bits per heavy atom. The fourth-order valence-electron chi connectivity index (χ4n) is 1.88. The topological polar surface area (TPSA) is 53.4 Å². The Morgan fingerprint density at radius 1 is 1.35 bits per heavy atom. The maximum absolute atomic E-state index is 10.8. The predicted octanol–water partition coefficient (Wildman–Crippen LogP) is 2.71. The van der Waals surface area contributed by atoms with Crippen molar-refractivity contribution in [2.75, 3.05) is 18.0 Å². The summed E-state index contributed by atoms with van der Waals surface area (Å²) in [4.78, 5) is 17.3. The minimum atomic E-state index is -0.926. The highest BCUT2D eigenvalue weighted by Gasteiger charge is 2.12. The molecule has 0 radical (unpaired) electrons. The second-order valence-electron chi connectivity index (χ2n) is 4.16. The second kappa shape index (κ2) is 6.23. The van der Waals surface area contributed by atoms with E-state index in [1.807, 2.05) is 6.92 Å². The van der Waals surface area contributed by atoms with Crippen LogP contribution in [0.25, 0.3) is 0 Å². The van der Waals surface area contributed by atoms with Gasteiger partial charge in [-0.2, -0.15) is 0 Å². The number of carbonyl (C=O) groups is 1. The molecule has 0 unspecified atom stereocenters. The second-order valence-corrected chi connectivity index (χ2v) is 4.16. The molecule has 17 heavy (non-hydrogen) atoms. The molecule has 0 saturated heterocycles. The van der Waals surface area contributed by atoms with Crippen LogP contribution in [0.4, 0.5) is 5.82 Å². The number of carboxylic acids is 1. The number of pyridine rings is 1. The van der Waals surface area contributed by atoms with Crippen LogP contribution in [0.15, 0.2) is 12.3 Å². The molecule has 1 heterocycles. The van der Waals surface area contributed by atoms with Gasteiger partial charge in [-0.25, -0.2) is 9.78 Å². The van der Waals surface area contributed by atoms with E-state index in [0.29, 0.717) is 0 Å². The molecule has 0 aliphatic carbocycles. The average molecular weight is 236 g/mol. The molecule has 4 heteroatoms. The summed E-state index contributed by atoms with van der Waals surface area (Å²) in [6, 6.07) is 1.68. The van der Waals surface area contributed by atoms with Crippen molar-refractivity contribution in [1.29, 1.82) is 0 Å². The van der Waals surface area contributed by atoms with Gasteiger partial charge in [0, 0.05) is 19.3 Å². The first-order chi connectivity index (χ1) is 8.10. The van der Waals surface area contributed by atoms with Crippen molar-refractivity contribution in [2.45, 2.75) is 33.6 Å². The molecule has 1 aromatic heterocycles. The summed E-state index contributed by atoms with van der Waals surface area (Å²) in [7, 11) is 0. The zero-order valence-electron chi connectivity index (χ0n) is 10.7. The van der Waals surface area contributed by atoms with Crippen molar-refractivity contribution in [3.8, 4) is 0 Å². The van der Waals surface area contributed by atoms with E-state index in [1.54, 1.807) is 6.07 Å². The Morgan fingerprint density at radius 3 is 2.35 bits per heavy atom. The molecule has 0 aromatic carbocycles. The maximum atomic E-state index is 10.8. The van der Waals surface area contributed by atoms with Crippen molar-refractivity contribution in [1.82, 2.24) is 4.98 Å². The van der Waals surface area contributed by atoms with Crippen LogP contribution in [0.5, 0.6) is 0 Å². The number of nitrogens with zero attached hydrogens (tertiary/aromatic N) is 2. The summed E-state index contributed by atoms with van der Waals surface area (Å²) in [6.07, 6.45) is 3.55. The lowest BCUT2D eigenvalue weighted by atomic mass is 10.2. The quantitative estimate of drug-likeness (QED) is 0.825.